The van der Waals surface area contributed by atoms with E-state index in [1.54, 1.807) is 0 Å². The highest BCUT2D eigenvalue weighted by Gasteiger charge is 2.27. The number of piperazine rings is 5. The van der Waals surface area contributed by atoms with Gasteiger partial charge in [-0.1, -0.05) is 261 Å². The van der Waals surface area contributed by atoms with Crippen LogP contribution in [-0.2, 0) is 30.9 Å². The number of benzene rings is 10. The number of amides is 2. The molecule has 6 aliphatic heterocycles. The van der Waals surface area contributed by atoms with Gasteiger partial charge in [-0.3, -0.25) is 9.59 Å². The van der Waals surface area contributed by atoms with Crippen LogP contribution >= 0.6 is 139 Å². The van der Waals surface area contributed by atoms with Crippen LogP contribution in [0.1, 0.15) is 68.5 Å². The molecule has 0 aromatic heterocycles. The van der Waals surface area contributed by atoms with Gasteiger partial charge in [0.25, 0.3) is 0 Å². The van der Waals surface area contributed by atoms with E-state index in [0.717, 1.165) is 156 Å². The van der Waals surface area contributed by atoms with E-state index in [1.165, 1.54) is 133 Å². The molecule has 6 heterocycles. The molecule has 0 aliphatic carbocycles. The maximum Gasteiger partial charge on any atom is 0.239 e. The van der Waals surface area contributed by atoms with Crippen LogP contribution in [0.25, 0.3) is 0 Å². The molecule has 23 heteroatoms. The monoisotopic (exact) mass is 1980 g/mol. The van der Waals surface area contributed by atoms with Gasteiger partial charge in [-0.2, -0.15) is 0 Å². The Hall–Kier alpha value is -5.71. The number of anilines is 5. The minimum absolute atomic E-state index is 0.144. The van der Waals surface area contributed by atoms with Crippen LogP contribution in [-0.4, -0.2) is 147 Å². The highest BCUT2D eigenvalue weighted by Crippen LogP contribution is 2.43. The minimum atomic E-state index is -0.144. The number of carbonyl (C=O) groups excluding carboxylic acids is 2. The number of aryl methyl sites for hydroxylation is 6. The summed E-state index contributed by atoms with van der Waals surface area (Å²) in [6.07, 6.45) is 0.703. The van der Waals surface area contributed by atoms with E-state index in [-0.39, 0.29) is 11.8 Å². The molecule has 0 bridgehead atoms. The summed E-state index contributed by atoms with van der Waals surface area (Å²) < 4.78 is 0.979. The number of nitrogens with zero attached hydrogens (tertiary/aromatic N) is 6. The number of hydrogen-bond acceptors (Lipinski definition) is 17. The van der Waals surface area contributed by atoms with Gasteiger partial charge in [-0.15, -0.1) is 0 Å². The second kappa shape index (κ2) is 48.8. The normalized spacial score (nSPS) is 15.5. The molecule has 10 aromatic rings. The van der Waals surface area contributed by atoms with Crippen molar-refractivity contribution in [2.45, 2.75) is 125 Å². The average molecular weight is 1990 g/mol. The molecule has 5 N–H and O–H groups in total. The number of alkyl halides is 4. The molecule has 0 radical (unpaired) electrons. The van der Waals surface area contributed by atoms with Crippen LogP contribution in [0.2, 0.25) is 0 Å². The van der Waals surface area contributed by atoms with Gasteiger partial charge in [-0.25, -0.2) is 3.93 Å². The Kier molecular flexibility index (Phi) is 38.4. The number of carbonyl (C=O) groups is 2. The van der Waals surface area contributed by atoms with Gasteiger partial charge in [0.2, 0.25) is 11.8 Å². The third-order valence-corrected chi connectivity index (χ3v) is 29.9. The zero-order chi connectivity index (χ0) is 82.3. The van der Waals surface area contributed by atoms with Gasteiger partial charge < -0.3 is 51.1 Å². The van der Waals surface area contributed by atoms with Gasteiger partial charge >= 0.3 is 0 Å². The van der Waals surface area contributed by atoms with E-state index in [4.69, 9.17) is 0 Å². The Morgan fingerprint density at radius 1 is 0.274 bits per heavy atom. The molecule has 0 saturated carbocycles. The quantitative estimate of drug-likeness (QED) is 0.0300. The molecule has 2 amide bonds. The molecule has 0 atom stereocenters. The van der Waals surface area contributed by atoms with E-state index in [0.29, 0.717) is 12.8 Å². The predicted octanol–water partition coefficient (Wildman–Crippen LogP) is 22.1. The van der Waals surface area contributed by atoms with Crippen LogP contribution in [0.3, 0.4) is 0 Å². The van der Waals surface area contributed by atoms with Gasteiger partial charge in [0, 0.05) is 214 Å². The molecule has 117 heavy (non-hydrogen) atoms. The fourth-order valence-electron chi connectivity index (χ4n) is 14.3. The summed E-state index contributed by atoms with van der Waals surface area (Å²) in [4.78, 5) is 46.8. The minimum Gasteiger partial charge on any atom is -0.368 e. The lowest BCUT2D eigenvalue weighted by atomic mass is 10.2. The molecule has 618 valence electrons. The summed E-state index contributed by atoms with van der Waals surface area (Å²) in [7, 11) is 0. The van der Waals surface area contributed by atoms with Crippen LogP contribution in [0.5, 0.6) is 0 Å². The molecular formula is C94H110Br5N11O2S5. The van der Waals surface area contributed by atoms with Crippen LogP contribution in [0.4, 0.5) is 28.4 Å². The van der Waals surface area contributed by atoms with Crippen molar-refractivity contribution in [1.82, 2.24) is 30.5 Å². The van der Waals surface area contributed by atoms with E-state index in [2.05, 4.69) is 385 Å². The van der Waals surface area contributed by atoms with Gasteiger partial charge in [0.05, 0.1) is 44.6 Å². The number of para-hydroxylation sites is 5. The SMILES string of the molecule is Cc1cc(CBr)ccc1Sc1ccccc1N1CCNCC1.Cc1cc(CBr)ccc1Sc1ccccc1N1CCNCC1.Cc1ccc(Sc2ccccc2N2CCNCC2)c(C)c1.Cc1ccc(Sc2ccccc2N2CCNCC2)c(CBr)c1.Cc1ccc(Sc2ccccc2N2CCNCC2)c(CBr)c1.O=C1CCC(=O)N1Br. The molecule has 6 aliphatic rings. The van der Waals surface area contributed by atoms with E-state index in [9.17, 15) is 9.59 Å². The van der Waals surface area contributed by atoms with Gasteiger partial charge in [-0.05, 0) is 171 Å². The van der Waals surface area contributed by atoms with Crippen molar-refractivity contribution in [1.29, 1.82) is 0 Å². The first kappa shape index (κ1) is 92.0. The van der Waals surface area contributed by atoms with Crippen molar-refractivity contribution in [3.8, 4) is 0 Å². The first-order valence-corrected chi connectivity index (χ1v) is 49.7. The highest BCUT2D eigenvalue weighted by molar-refractivity contribution is 9.09. The van der Waals surface area contributed by atoms with E-state index >= 15 is 0 Å². The summed E-state index contributed by atoms with van der Waals surface area (Å²) in [5.74, 6) is -0.287. The van der Waals surface area contributed by atoms with Crippen molar-refractivity contribution in [3.63, 3.8) is 0 Å². The number of imide groups is 1. The van der Waals surface area contributed by atoms with E-state index < -0.39 is 0 Å². The zero-order valence-corrected chi connectivity index (χ0v) is 80.0. The number of halogens is 5. The molecule has 0 spiro atoms. The number of hydrogen-bond donors (Lipinski definition) is 5. The average Bonchev–Trinajstić information content (AvgIpc) is 1.83. The van der Waals surface area contributed by atoms with Crippen molar-refractivity contribution in [3.05, 3.63) is 268 Å². The van der Waals surface area contributed by atoms with Crippen LogP contribution in [0, 0.1) is 41.5 Å². The van der Waals surface area contributed by atoms with Gasteiger partial charge in [0.15, 0.2) is 0 Å². The fourth-order valence-corrected chi connectivity index (χ4v) is 21.9. The molecule has 16 rings (SSSR count). The van der Waals surface area contributed by atoms with Crippen molar-refractivity contribution < 1.29 is 9.59 Å². The molecular weight excluding hydrogens is 1870 g/mol. The Bertz CT molecular complexity index is 4580. The Balaban J connectivity index is 0.000000140. The summed E-state index contributed by atoms with van der Waals surface area (Å²) in [6, 6.07) is 77.3. The maximum absolute atomic E-state index is 10.4. The smallest absolute Gasteiger partial charge is 0.239 e. The molecule has 6 saturated heterocycles. The summed E-state index contributed by atoms with van der Waals surface area (Å²) in [6.45, 7) is 34.5. The first-order chi connectivity index (χ1) is 57.1. The highest BCUT2D eigenvalue weighted by atomic mass is 79.9. The second-order valence-electron chi connectivity index (χ2n) is 29.3. The lowest BCUT2D eigenvalue weighted by Crippen LogP contribution is -2.43. The maximum atomic E-state index is 10.4. The van der Waals surface area contributed by atoms with Gasteiger partial charge in [0.1, 0.15) is 0 Å². The van der Waals surface area contributed by atoms with Crippen LogP contribution < -0.4 is 51.1 Å². The summed E-state index contributed by atoms with van der Waals surface area (Å²) in [5, 5.41) is 20.7. The number of nitrogens with one attached hydrogen (secondary N) is 5. The standard InChI is InChI=1S/4C18H21BrN2S.C18H22N2S.C4H4BrNO2/c2*1-14-12-15(13-19)6-7-17(14)22-18-5-3-2-4-16(18)21-10-8-20-9-11-21;2*1-14-6-7-17(15(12-14)13-19)22-18-5-3-2-4-16(18)21-10-8-20-9-11-21;1-14-7-8-17(15(2)13-14)21-18-6-4-3-5-16(18)20-11-9-19-10-12-20;5-6-3(7)1-2-4(6)8/h4*2-7,12,20H,8-11,13H2,1H3;3-8,13,19H,9-12H2,1-2H3;1-2H2. The third-order valence-electron chi connectivity index (χ3n) is 20.5. The lowest BCUT2D eigenvalue weighted by Gasteiger charge is -2.31. The number of rotatable bonds is 19. The molecule has 13 nitrogen and oxygen atoms in total. The predicted molar refractivity (Wildman–Crippen MR) is 519 cm³/mol. The largest absolute Gasteiger partial charge is 0.368 e. The Morgan fingerprint density at radius 2 is 0.504 bits per heavy atom. The molecule has 10 aromatic carbocycles. The second-order valence-corrected chi connectivity index (χ2v) is 37.7. The lowest BCUT2D eigenvalue weighted by molar-refractivity contribution is -0.131. The zero-order valence-electron chi connectivity index (χ0n) is 68.0. The topological polar surface area (TPSA) is 114 Å². The molecule has 0 unspecified atom stereocenters. The Labute approximate surface area is 759 Å². The fraction of sp³-hybridized carbons (Fsp3) is 0.340. The van der Waals surface area contributed by atoms with E-state index in [1.807, 2.05) is 58.8 Å². The van der Waals surface area contributed by atoms with Crippen LogP contribution in [0.15, 0.2) is 261 Å². The van der Waals surface area contributed by atoms with Crippen molar-refractivity contribution >= 4 is 179 Å². The first-order valence-electron chi connectivity index (χ1n) is 40.4. The Morgan fingerprint density at radius 3 is 0.735 bits per heavy atom. The van der Waals surface area contributed by atoms with Crippen molar-refractivity contribution in [2.24, 2.45) is 0 Å². The summed E-state index contributed by atoms with van der Waals surface area (Å²) in [5.41, 5.74) is 20.2. The van der Waals surface area contributed by atoms with Crippen molar-refractivity contribution in [2.75, 3.05) is 155 Å². The molecule has 6 fully saturated rings. The third kappa shape index (κ3) is 27.9. The summed E-state index contributed by atoms with van der Waals surface area (Å²) >= 11 is 26.5.